The Kier molecular flexibility index (Phi) is 8.29. The summed E-state index contributed by atoms with van der Waals surface area (Å²) in [5.41, 5.74) is -9.27. The number of rotatable bonds is 8. The van der Waals surface area contributed by atoms with Gasteiger partial charge in [0.25, 0.3) is 5.97 Å². The number of hydrogen-bond donors (Lipinski definition) is 3. The highest BCUT2D eigenvalue weighted by Gasteiger charge is 2.90. The highest BCUT2D eigenvalue weighted by Crippen LogP contribution is 2.76. The first-order valence-electron chi connectivity index (χ1n) is 17.4. The Bertz CT molecular complexity index is 1600. The Hall–Kier alpha value is -2.97. The van der Waals surface area contributed by atoms with Crippen molar-refractivity contribution in [1.82, 2.24) is 0 Å². The number of esters is 3. The van der Waals surface area contributed by atoms with Crippen molar-refractivity contribution in [3.63, 3.8) is 0 Å². The molecule has 50 heavy (non-hydrogen) atoms. The molecule has 1 aromatic rings. The summed E-state index contributed by atoms with van der Waals surface area (Å²) < 4.78 is 44.1. The zero-order valence-corrected chi connectivity index (χ0v) is 30.8. The van der Waals surface area contributed by atoms with Crippen molar-refractivity contribution in [3.8, 4) is 0 Å². The van der Waals surface area contributed by atoms with Crippen molar-refractivity contribution in [2.24, 2.45) is 34.0 Å². The van der Waals surface area contributed by atoms with Crippen LogP contribution in [0.2, 0.25) is 0 Å². The van der Waals surface area contributed by atoms with Crippen LogP contribution in [0.5, 0.6) is 0 Å². The number of carbonyl (C=O) groups excluding carboxylic acids is 3. The Morgan fingerprint density at radius 3 is 2.34 bits per heavy atom. The number of furan rings is 1. The monoisotopic (exact) mass is 704 g/mol. The van der Waals surface area contributed by atoms with Crippen LogP contribution >= 0.6 is 0 Å². The molecule has 0 aromatic carbocycles. The number of aliphatic hydroxyl groups excluding tert-OH is 2. The van der Waals surface area contributed by atoms with Gasteiger partial charge in [0.2, 0.25) is 0 Å². The lowest BCUT2D eigenvalue weighted by Gasteiger charge is -2.67. The van der Waals surface area contributed by atoms with Gasteiger partial charge in [-0.05, 0) is 24.8 Å². The highest BCUT2D eigenvalue weighted by molar-refractivity contribution is 5.92. The predicted octanol–water partition coefficient (Wildman–Crippen LogP) is 4.65. The molecule has 2 saturated carbocycles. The van der Waals surface area contributed by atoms with Crippen molar-refractivity contribution in [2.75, 3.05) is 7.11 Å². The first-order chi connectivity index (χ1) is 23.1. The third kappa shape index (κ3) is 4.39. The van der Waals surface area contributed by atoms with Gasteiger partial charge in [-0.3, -0.25) is 9.59 Å². The standard InChI is InChI=1S/C37H52O13/c1-12-35-32(7,8)21(15-23(39)44-11)33(9)16-22-36(43,29(33)46-19(4)38)30-37(35,50-34(10,48-22)49-35)26(24(28(42)47-30)25(40)18(2)3)31(5,6)27(41)20-13-14-45-17-20/h13-14,17-18,21-22,26-27,29-30,40-41,43H,12,15-16H2,1-11H3/b25-24-. The van der Waals surface area contributed by atoms with Gasteiger partial charge in [-0.15, -0.1) is 0 Å². The van der Waals surface area contributed by atoms with E-state index < -0.39 is 99.1 Å². The van der Waals surface area contributed by atoms with Gasteiger partial charge in [-0.2, -0.15) is 0 Å². The number of aliphatic hydroxyl groups is 3. The Balaban J connectivity index is 1.81. The van der Waals surface area contributed by atoms with E-state index in [9.17, 15) is 29.7 Å². The second-order valence-corrected chi connectivity index (χ2v) is 16.7. The highest BCUT2D eigenvalue weighted by atomic mass is 16.9. The van der Waals surface area contributed by atoms with E-state index in [2.05, 4.69) is 0 Å². The molecular weight excluding hydrogens is 652 g/mol. The summed E-state index contributed by atoms with van der Waals surface area (Å²) in [7, 11) is 1.29. The molecule has 4 heterocycles. The first kappa shape index (κ1) is 36.8. The topological polar surface area (TPSA) is 180 Å². The van der Waals surface area contributed by atoms with Crippen molar-refractivity contribution >= 4 is 17.9 Å². The summed E-state index contributed by atoms with van der Waals surface area (Å²) in [5, 5.41) is 37.6. The molecule has 2 aliphatic carbocycles. The molecule has 6 rings (SSSR count). The molecular formula is C37H52O13. The molecule has 11 unspecified atom stereocenters. The number of hydrogen-bond acceptors (Lipinski definition) is 13. The van der Waals surface area contributed by atoms with Crippen molar-refractivity contribution in [1.29, 1.82) is 0 Å². The Labute approximate surface area is 292 Å². The summed E-state index contributed by atoms with van der Waals surface area (Å²) in [6.07, 6.45) is -2.64. The maximum absolute atomic E-state index is 14.6. The summed E-state index contributed by atoms with van der Waals surface area (Å²) in [6, 6.07) is 1.61. The molecule has 3 aliphatic heterocycles. The number of carbonyl (C=O) groups is 3. The second kappa shape index (κ2) is 11.3. The quantitative estimate of drug-likeness (QED) is 0.147. The fourth-order valence-corrected chi connectivity index (χ4v) is 11.2. The molecule has 3 N–H and O–H groups in total. The Morgan fingerprint density at radius 1 is 1.14 bits per heavy atom. The summed E-state index contributed by atoms with van der Waals surface area (Å²) >= 11 is 0. The zero-order valence-electron chi connectivity index (χ0n) is 30.8. The fraction of sp³-hybridized carbons (Fsp3) is 0.757. The minimum Gasteiger partial charge on any atom is -0.511 e. The normalized spacial score (nSPS) is 43.1. The SMILES string of the molecule is CCC12OC3(C)OC4CC(C)(C(OC(C)=O)C4(O)C4OC(=O)/C(=C(\O)C(C)C)C(C(C)(C)C(O)c5ccoc5)C41O3)C(CC(=O)OC)C2(C)C. The maximum atomic E-state index is 14.6. The fourth-order valence-electron chi connectivity index (χ4n) is 11.2. The molecule has 0 amide bonds. The number of ether oxygens (including phenoxy) is 6. The van der Waals surface area contributed by atoms with E-state index in [0.717, 1.165) is 0 Å². The predicted molar refractivity (Wildman–Crippen MR) is 174 cm³/mol. The zero-order chi connectivity index (χ0) is 37.2. The summed E-state index contributed by atoms with van der Waals surface area (Å²) in [4.78, 5) is 41.0. The number of allylic oxidation sites excluding steroid dienone is 1. The van der Waals surface area contributed by atoms with Gasteiger partial charge in [0.15, 0.2) is 17.3 Å². The average Bonchev–Trinajstić information content (AvgIpc) is 3.69. The molecule has 13 heteroatoms. The molecule has 5 fully saturated rings. The average molecular weight is 705 g/mol. The third-order valence-corrected chi connectivity index (χ3v) is 13.1. The van der Waals surface area contributed by atoms with Crippen LogP contribution in [-0.2, 0) is 42.8 Å². The lowest BCUT2D eigenvalue weighted by atomic mass is 9.43. The van der Waals surface area contributed by atoms with E-state index in [1.165, 1.54) is 26.6 Å². The van der Waals surface area contributed by atoms with Crippen LogP contribution in [0.15, 0.2) is 34.3 Å². The largest absolute Gasteiger partial charge is 0.511 e. The van der Waals surface area contributed by atoms with Gasteiger partial charge in [-0.25, -0.2) is 4.79 Å². The smallest absolute Gasteiger partial charge is 0.338 e. The molecule has 1 aromatic heterocycles. The molecule has 1 spiro atoms. The summed E-state index contributed by atoms with van der Waals surface area (Å²) in [5.74, 6) is -6.91. The van der Waals surface area contributed by atoms with Crippen LogP contribution < -0.4 is 0 Å². The summed E-state index contributed by atoms with van der Waals surface area (Å²) in [6.45, 7) is 17.3. The van der Waals surface area contributed by atoms with E-state index in [4.69, 9.17) is 32.8 Å². The van der Waals surface area contributed by atoms with E-state index >= 15 is 0 Å². The maximum Gasteiger partial charge on any atom is 0.338 e. The van der Waals surface area contributed by atoms with Crippen molar-refractivity contribution in [3.05, 3.63) is 35.5 Å². The van der Waals surface area contributed by atoms with E-state index in [1.807, 2.05) is 27.7 Å². The van der Waals surface area contributed by atoms with Crippen LogP contribution in [0.3, 0.4) is 0 Å². The molecule has 5 aliphatic rings. The van der Waals surface area contributed by atoms with Gasteiger partial charge in [0, 0.05) is 53.9 Å². The van der Waals surface area contributed by atoms with E-state index in [-0.39, 0.29) is 30.6 Å². The van der Waals surface area contributed by atoms with Gasteiger partial charge in [0.1, 0.15) is 23.6 Å². The van der Waals surface area contributed by atoms with Gasteiger partial charge in [0.05, 0.1) is 31.3 Å². The minimum absolute atomic E-state index is 0.0599. The Morgan fingerprint density at radius 2 is 1.80 bits per heavy atom. The number of fused-ring (bicyclic) bond motifs is 2. The molecule has 13 nitrogen and oxygen atoms in total. The van der Waals surface area contributed by atoms with Gasteiger partial charge in [-0.1, -0.05) is 55.4 Å². The van der Waals surface area contributed by atoms with Crippen molar-refractivity contribution in [2.45, 2.75) is 136 Å². The van der Waals surface area contributed by atoms with Crippen LogP contribution in [-0.4, -0.2) is 81.4 Å². The van der Waals surface area contributed by atoms with Gasteiger partial charge < -0.3 is 48.2 Å². The lowest BCUT2D eigenvalue weighted by molar-refractivity contribution is -0.369. The third-order valence-electron chi connectivity index (χ3n) is 13.1. The van der Waals surface area contributed by atoms with Crippen LogP contribution in [0.25, 0.3) is 0 Å². The minimum atomic E-state index is -2.27. The first-order valence-corrected chi connectivity index (χ1v) is 17.4. The molecule has 0 radical (unpaired) electrons. The van der Waals surface area contributed by atoms with Gasteiger partial charge >= 0.3 is 17.9 Å². The molecule has 4 bridgehead atoms. The van der Waals surface area contributed by atoms with Crippen LogP contribution in [0.4, 0.5) is 0 Å². The van der Waals surface area contributed by atoms with Crippen molar-refractivity contribution < 1.29 is 62.5 Å². The second-order valence-electron chi connectivity index (χ2n) is 16.7. The molecule has 3 saturated heterocycles. The van der Waals surface area contributed by atoms with Crippen LogP contribution in [0.1, 0.15) is 100 Å². The van der Waals surface area contributed by atoms with E-state index in [0.29, 0.717) is 5.56 Å². The molecule has 278 valence electrons. The van der Waals surface area contributed by atoms with E-state index in [1.54, 1.807) is 40.7 Å². The number of methoxy groups -OCH3 is 1. The lowest BCUT2D eigenvalue weighted by Crippen LogP contribution is -2.82. The molecule has 11 atom stereocenters. The van der Waals surface area contributed by atoms with Crippen LogP contribution in [0, 0.1) is 34.0 Å².